The molecule has 3 rings (SSSR count). The van der Waals surface area contributed by atoms with Gasteiger partial charge in [-0.25, -0.2) is 22.8 Å². The lowest BCUT2D eigenvalue weighted by Crippen LogP contribution is -2.27. The number of aryl methyl sites for hydroxylation is 3. The number of nitrogens with zero attached hydrogens (tertiary/aromatic N) is 3. The summed E-state index contributed by atoms with van der Waals surface area (Å²) in [5.74, 6) is 0. The summed E-state index contributed by atoms with van der Waals surface area (Å²) in [5.41, 5.74) is 3.43. The highest BCUT2D eigenvalue weighted by atomic mass is 32.2. The molecular formula is C17H20N4O2S2. The molecule has 6 nitrogen and oxygen atoms in total. The van der Waals surface area contributed by atoms with Gasteiger partial charge in [-0.3, -0.25) is 0 Å². The molecule has 0 saturated carbocycles. The molecule has 25 heavy (non-hydrogen) atoms. The van der Waals surface area contributed by atoms with Gasteiger partial charge in [0.25, 0.3) is 0 Å². The normalized spacial score (nSPS) is 11.8. The van der Waals surface area contributed by atoms with Gasteiger partial charge in [-0.15, -0.1) is 11.3 Å². The van der Waals surface area contributed by atoms with E-state index < -0.39 is 10.0 Å². The van der Waals surface area contributed by atoms with Crippen molar-refractivity contribution in [2.75, 3.05) is 6.54 Å². The largest absolute Gasteiger partial charge is 0.241 e. The molecule has 0 atom stereocenters. The first kappa shape index (κ1) is 17.8. The molecule has 0 aliphatic heterocycles. The molecule has 0 fully saturated rings. The van der Waals surface area contributed by atoms with Crippen molar-refractivity contribution in [1.82, 2.24) is 19.5 Å². The van der Waals surface area contributed by atoms with Crippen molar-refractivity contribution in [2.45, 2.75) is 32.1 Å². The lowest BCUT2D eigenvalue weighted by Gasteiger charge is -2.12. The molecule has 1 N–H and O–H groups in total. The van der Waals surface area contributed by atoms with Crippen LogP contribution in [0.4, 0.5) is 0 Å². The predicted molar refractivity (Wildman–Crippen MR) is 98.8 cm³/mol. The predicted octanol–water partition coefficient (Wildman–Crippen LogP) is 2.78. The standard InChI is InChI=1S/C17H20N4O2S2/c1-12-9-13(2)16(14(3)10-12)25(22,23)19-7-5-15-11-24-17(20-15)21-8-4-6-18-21/h4,6,8-11,19H,5,7H2,1-3H3. The van der Waals surface area contributed by atoms with E-state index in [9.17, 15) is 8.42 Å². The lowest BCUT2D eigenvalue weighted by molar-refractivity contribution is 0.580. The third kappa shape index (κ3) is 3.97. The van der Waals surface area contributed by atoms with Gasteiger partial charge < -0.3 is 0 Å². The van der Waals surface area contributed by atoms with Gasteiger partial charge in [0, 0.05) is 30.7 Å². The zero-order valence-corrected chi connectivity index (χ0v) is 16.0. The Balaban J connectivity index is 1.67. The highest BCUT2D eigenvalue weighted by Gasteiger charge is 2.19. The zero-order valence-electron chi connectivity index (χ0n) is 14.4. The summed E-state index contributed by atoms with van der Waals surface area (Å²) in [7, 11) is -3.54. The first-order valence-corrected chi connectivity index (χ1v) is 10.2. The average Bonchev–Trinajstić information content (AvgIpc) is 3.16. The van der Waals surface area contributed by atoms with E-state index in [1.807, 2.05) is 50.5 Å². The van der Waals surface area contributed by atoms with Crippen LogP contribution in [0.25, 0.3) is 5.13 Å². The molecule has 0 bridgehead atoms. The van der Waals surface area contributed by atoms with E-state index in [0.29, 0.717) is 17.9 Å². The Bertz CT molecular complexity index is 953. The van der Waals surface area contributed by atoms with Crippen LogP contribution < -0.4 is 4.72 Å². The van der Waals surface area contributed by atoms with Crippen LogP contribution in [0.3, 0.4) is 0 Å². The number of hydrogen-bond acceptors (Lipinski definition) is 5. The van der Waals surface area contributed by atoms with Crippen LogP contribution in [0.1, 0.15) is 22.4 Å². The van der Waals surface area contributed by atoms with Crippen molar-refractivity contribution < 1.29 is 8.42 Å². The molecule has 2 aromatic heterocycles. The maximum Gasteiger partial charge on any atom is 0.241 e. The van der Waals surface area contributed by atoms with Crippen molar-refractivity contribution in [1.29, 1.82) is 0 Å². The Labute approximate surface area is 151 Å². The molecule has 8 heteroatoms. The molecule has 0 saturated heterocycles. The third-order valence-corrected chi connectivity index (χ3v) is 6.43. The van der Waals surface area contributed by atoms with Crippen LogP contribution in [-0.4, -0.2) is 29.7 Å². The Morgan fingerprint density at radius 2 is 1.92 bits per heavy atom. The summed E-state index contributed by atoms with van der Waals surface area (Å²) in [6.07, 6.45) is 4.05. The van der Waals surface area contributed by atoms with Crippen LogP contribution in [0.5, 0.6) is 0 Å². The quantitative estimate of drug-likeness (QED) is 0.718. The van der Waals surface area contributed by atoms with Gasteiger partial charge in [0.05, 0.1) is 10.6 Å². The fourth-order valence-electron chi connectivity index (χ4n) is 2.87. The van der Waals surface area contributed by atoms with E-state index in [0.717, 1.165) is 27.5 Å². The summed E-state index contributed by atoms with van der Waals surface area (Å²) in [6, 6.07) is 5.61. The molecule has 0 spiro atoms. The molecule has 2 heterocycles. The molecule has 3 aromatic rings. The van der Waals surface area contributed by atoms with Crippen molar-refractivity contribution in [2.24, 2.45) is 0 Å². The minimum Gasteiger partial charge on any atom is -0.223 e. The van der Waals surface area contributed by atoms with Crippen molar-refractivity contribution in [3.8, 4) is 5.13 Å². The Morgan fingerprint density at radius 1 is 1.20 bits per heavy atom. The lowest BCUT2D eigenvalue weighted by atomic mass is 10.1. The van der Waals surface area contributed by atoms with Crippen molar-refractivity contribution in [3.05, 3.63) is 58.4 Å². The Kier molecular flexibility index (Phi) is 5.03. The van der Waals surface area contributed by atoms with Gasteiger partial charge in [-0.1, -0.05) is 17.7 Å². The fourth-order valence-corrected chi connectivity index (χ4v) is 5.15. The van der Waals surface area contributed by atoms with E-state index in [2.05, 4.69) is 14.8 Å². The van der Waals surface area contributed by atoms with E-state index in [1.54, 1.807) is 10.9 Å². The second kappa shape index (κ2) is 7.07. The molecule has 1 aromatic carbocycles. The number of aromatic nitrogens is 3. The topological polar surface area (TPSA) is 76.9 Å². The number of hydrogen-bond donors (Lipinski definition) is 1. The molecule has 0 amide bonds. The van der Waals surface area contributed by atoms with E-state index in [-0.39, 0.29) is 0 Å². The summed E-state index contributed by atoms with van der Waals surface area (Å²) in [5, 5.41) is 6.83. The van der Waals surface area contributed by atoms with Gasteiger partial charge in [0.1, 0.15) is 0 Å². The SMILES string of the molecule is Cc1cc(C)c(S(=O)(=O)NCCc2csc(-n3cccn3)n2)c(C)c1. The van der Waals surface area contributed by atoms with Crippen molar-refractivity contribution in [3.63, 3.8) is 0 Å². The minimum atomic E-state index is -3.54. The third-order valence-electron chi connectivity index (χ3n) is 3.79. The van der Waals surface area contributed by atoms with Crippen LogP contribution in [0.15, 0.2) is 40.9 Å². The van der Waals surface area contributed by atoms with Crippen molar-refractivity contribution >= 4 is 21.4 Å². The van der Waals surface area contributed by atoms with E-state index in [4.69, 9.17) is 0 Å². The molecule has 0 unspecified atom stereocenters. The van der Waals surface area contributed by atoms with Gasteiger partial charge in [-0.05, 0) is 38.0 Å². The molecule has 0 aliphatic rings. The highest BCUT2D eigenvalue weighted by molar-refractivity contribution is 7.89. The van der Waals surface area contributed by atoms with Crippen LogP contribution in [0.2, 0.25) is 0 Å². The van der Waals surface area contributed by atoms with E-state index in [1.165, 1.54) is 11.3 Å². The number of rotatable bonds is 6. The number of thiazole rings is 1. The number of benzene rings is 1. The summed E-state index contributed by atoms with van der Waals surface area (Å²) in [6.45, 7) is 5.91. The Morgan fingerprint density at radius 3 is 2.56 bits per heavy atom. The van der Waals surface area contributed by atoms with E-state index >= 15 is 0 Å². The van der Waals surface area contributed by atoms with Crippen LogP contribution in [-0.2, 0) is 16.4 Å². The number of sulfonamides is 1. The van der Waals surface area contributed by atoms with Gasteiger partial charge >= 0.3 is 0 Å². The van der Waals surface area contributed by atoms with Crippen LogP contribution in [0, 0.1) is 20.8 Å². The monoisotopic (exact) mass is 376 g/mol. The smallest absolute Gasteiger partial charge is 0.223 e. The first-order valence-electron chi connectivity index (χ1n) is 7.89. The second-order valence-corrected chi connectivity index (χ2v) is 8.49. The second-order valence-electron chi connectivity index (χ2n) is 5.95. The summed E-state index contributed by atoms with van der Waals surface area (Å²) >= 11 is 1.48. The molecular weight excluding hydrogens is 356 g/mol. The first-order chi connectivity index (χ1) is 11.9. The maximum absolute atomic E-state index is 12.6. The maximum atomic E-state index is 12.6. The molecule has 0 radical (unpaired) electrons. The highest BCUT2D eigenvalue weighted by Crippen LogP contribution is 2.21. The van der Waals surface area contributed by atoms with Gasteiger partial charge in [0.15, 0.2) is 0 Å². The Hall–Kier alpha value is -2.03. The summed E-state index contributed by atoms with van der Waals surface area (Å²) in [4.78, 5) is 4.84. The average molecular weight is 377 g/mol. The molecule has 0 aliphatic carbocycles. The molecule has 132 valence electrons. The van der Waals surface area contributed by atoms with Gasteiger partial charge in [-0.2, -0.15) is 5.10 Å². The minimum absolute atomic E-state index is 0.303. The fraction of sp³-hybridized carbons (Fsp3) is 0.294. The zero-order chi connectivity index (χ0) is 18.0. The van der Waals surface area contributed by atoms with Gasteiger partial charge in [0.2, 0.25) is 15.2 Å². The van der Waals surface area contributed by atoms with Crippen LogP contribution >= 0.6 is 11.3 Å². The number of nitrogens with one attached hydrogen (secondary N) is 1. The summed E-state index contributed by atoms with van der Waals surface area (Å²) < 4.78 is 29.6.